The predicted octanol–water partition coefficient (Wildman–Crippen LogP) is 5.48. The van der Waals surface area contributed by atoms with Gasteiger partial charge in [0, 0.05) is 11.0 Å². The highest BCUT2D eigenvalue weighted by molar-refractivity contribution is 9.10. The quantitative estimate of drug-likeness (QED) is 0.560. The third-order valence-corrected chi connectivity index (χ3v) is 4.80. The number of rotatable bonds is 9. The van der Waals surface area contributed by atoms with Crippen molar-refractivity contribution in [3.05, 3.63) is 57.6 Å². The van der Waals surface area contributed by atoms with Crippen LogP contribution < -0.4 is 14.8 Å². The molecular formula is C21H28BrNO2. The maximum Gasteiger partial charge on any atom is 0.162 e. The van der Waals surface area contributed by atoms with E-state index in [1.165, 1.54) is 17.5 Å². The molecule has 0 aliphatic rings. The van der Waals surface area contributed by atoms with Gasteiger partial charge in [-0.3, -0.25) is 0 Å². The average molecular weight is 406 g/mol. The predicted molar refractivity (Wildman–Crippen MR) is 107 cm³/mol. The van der Waals surface area contributed by atoms with Crippen molar-refractivity contribution >= 4 is 15.9 Å². The Morgan fingerprint density at radius 1 is 1.08 bits per heavy atom. The van der Waals surface area contributed by atoms with E-state index in [1.54, 1.807) is 7.11 Å². The fraction of sp³-hybridized carbons (Fsp3) is 0.429. The van der Waals surface area contributed by atoms with Crippen molar-refractivity contribution < 1.29 is 9.47 Å². The Balaban J connectivity index is 2.01. The number of benzene rings is 2. The normalized spacial score (nSPS) is 11.0. The number of halogens is 1. The molecule has 0 saturated carbocycles. The maximum absolute atomic E-state index is 5.97. The van der Waals surface area contributed by atoms with E-state index in [0.717, 1.165) is 34.6 Å². The standard InChI is InChI=1S/C21H28BrNO2/c1-15(2)9-10-23-13-18-11-20(24-4)21(12-19(18)22)25-14-17-7-5-16(3)6-8-17/h5-8,11-12,15,23H,9-10,13-14H2,1-4H3. The monoisotopic (exact) mass is 405 g/mol. The smallest absolute Gasteiger partial charge is 0.162 e. The first-order valence-corrected chi connectivity index (χ1v) is 9.54. The van der Waals surface area contributed by atoms with Crippen LogP contribution in [-0.2, 0) is 13.2 Å². The van der Waals surface area contributed by atoms with Gasteiger partial charge in [0.25, 0.3) is 0 Å². The largest absolute Gasteiger partial charge is 0.493 e. The molecule has 0 spiro atoms. The van der Waals surface area contributed by atoms with Crippen molar-refractivity contribution in [1.82, 2.24) is 5.32 Å². The van der Waals surface area contributed by atoms with Crippen LogP contribution in [-0.4, -0.2) is 13.7 Å². The van der Waals surface area contributed by atoms with Crippen LogP contribution in [0.15, 0.2) is 40.9 Å². The first-order chi connectivity index (χ1) is 12.0. The van der Waals surface area contributed by atoms with E-state index in [4.69, 9.17) is 9.47 Å². The second kappa shape index (κ2) is 9.83. The molecule has 0 radical (unpaired) electrons. The summed E-state index contributed by atoms with van der Waals surface area (Å²) >= 11 is 3.65. The highest BCUT2D eigenvalue weighted by Crippen LogP contribution is 2.34. The fourth-order valence-electron chi connectivity index (χ4n) is 2.44. The zero-order valence-corrected chi connectivity index (χ0v) is 17.2. The first-order valence-electron chi connectivity index (χ1n) is 8.75. The molecule has 0 aliphatic heterocycles. The van der Waals surface area contributed by atoms with Crippen LogP contribution >= 0.6 is 15.9 Å². The zero-order chi connectivity index (χ0) is 18.2. The lowest BCUT2D eigenvalue weighted by atomic mass is 10.1. The van der Waals surface area contributed by atoms with E-state index < -0.39 is 0 Å². The van der Waals surface area contributed by atoms with Crippen LogP contribution in [0.5, 0.6) is 11.5 Å². The highest BCUT2D eigenvalue weighted by atomic mass is 79.9. The molecule has 0 aliphatic carbocycles. The van der Waals surface area contributed by atoms with Gasteiger partial charge >= 0.3 is 0 Å². The van der Waals surface area contributed by atoms with E-state index in [1.807, 2.05) is 12.1 Å². The van der Waals surface area contributed by atoms with Gasteiger partial charge in [-0.1, -0.05) is 59.6 Å². The molecule has 0 atom stereocenters. The van der Waals surface area contributed by atoms with E-state index in [9.17, 15) is 0 Å². The third kappa shape index (κ3) is 6.37. The summed E-state index contributed by atoms with van der Waals surface area (Å²) in [5.74, 6) is 2.22. The summed E-state index contributed by atoms with van der Waals surface area (Å²) in [6.07, 6.45) is 1.17. The van der Waals surface area contributed by atoms with Gasteiger partial charge in [-0.15, -0.1) is 0 Å². The van der Waals surface area contributed by atoms with E-state index in [0.29, 0.717) is 12.5 Å². The Morgan fingerprint density at radius 3 is 2.44 bits per heavy atom. The molecule has 3 nitrogen and oxygen atoms in total. The molecule has 0 bridgehead atoms. The summed E-state index contributed by atoms with van der Waals surface area (Å²) in [7, 11) is 1.68. The van der Waals surface area contributed by atoms with Crippen molar-refractivity contribution in [3.63, 3.8) is 0 Å². The van der Waals surface area contributed by atoms with Crippen LogP contribution in [0.25, 0.3) is 0 Å². The van der Waals surface area contributed by atoms with Crippen LogP contribution in [0.1, 0.15) is 37.0 Å². The molecule has 2 aromatic carbocycles. The number of ether oxygens (including phenoxy) is 2. The van der Waals surface area contributed by atoms with Gasteiger partial charge in [0.05, 0.1) is 7.11 Å². The number of aryl methyl sites for hydroxylation is 1. The molecule has 0 amide bonds. The molecule has 0 fully saturated rings. The lowest BCUT2D eigenvalue weighted by Gasteiger charge is -2.15. The van der Waals surface area contributed by atoms with Gasteiger partial charge < -0.3 is 14.8 Å². The molecule has 0 aromatic heterocycles. The van der Waals surface area contributed by atoms with Crippen molar-refractivity contribution in [3.8, 4) is 11.5 Å². The molecule has 2 rings (SSSR count). The summed E-state index contributed by atoms with van der Waals surface area (Å²) in [5.41, 5.74) is 3.56. The van der Waals surface area contributed by atoms with E-state index >= 15 is 0 Å². The van der Waals surface area contributed by atoms with Gasteiger partial charge in [-0.25, -0.2) is 0 Å². The summed E-state index contributed by atoms with van der Waals surface area (Å²) in [6.45, 7) is 8.90. The summed E-state index contributed by atoms with van der Waals surface area (Å²) < 4.78 is 12.5. The lowest BCUT2D eigenvalue weighted by Crippen LogP contribution is -2.16. The molecule has 0 heterocycles. The van der Waals surface area contributed by atoms with Crippen LogP contribution in [0.3, 0.4) is 0 Å². The minimum absolute atomic E-state index is 0.523. The van der Waals surface area contributed by atoms with Gasteiger partial charge in [0.1, 0.15) is 6.61 Å². The molecule has 1 N–H and O–H groups in total. The second-order valence-corrected chi connectivity index (χ2v) is 7.58. The Hall–Kier alpha value is -1.52. The van der Waals surface area contributed by atoms with Crippen molar-refractivity contribution in [1.29, 1.82) is 0 Å². The average Bonchev–Trinajstić information content (AvgIpc) is 2.59. The van der Waals surface area contributed by atoms with Crippen LogP contribution in [0.4, 0.5) is 0 Å². The first kappa shape index (κ1) is 19.8. The number of methoxy groups -OCH3 is 1. The van der Waals surface area contributed by atoms with Gasteiger partial charge in [-0.2, -0.15) is 0 Å². The number of hydrogen-bond donors (Lipinski definition) is 1. The SMILES string of the molecule is COc1cc(CNCCC(C)C)c(Br)cc1OCc1ccc(C)cc1. The molecule has 25 heavy (non-hydrogen) atoms. The Morgan fingerprint density at radius 2 is 1.80 bits per heavy atom. The minimum atomic E-state index is 0.523. The molecule has 0 saturated heterocycles. The van der Waals surface area contributed by atoms with Crippen molar-refractivity contribution in [2.75, 3.05) is 13.7 Å². The van der Waals surface area contributed by atoms with E-state index in [-0.39, 0.29) is 0 Å². The van der Waals surface area contributed by atoms with Crippen molar-refractivity contribution in [2.24, 2.45) is 5.92 Å². The Bertz CT molecular complexity index is 668. The number of hydrogen-bond acceptors (Lipinski definition) is 3. The highest BCUT2D eigenvalue weighted by Gasteiger charge is 2.11. The topological polar surface area (TPSA) is 30.5 Å². The second-order valence-electron chi connectivity index (χ2n) is 6.73. The maximum atomic E-state index is 5.97. The van der Waals surface area contributed by atoms with E-state index in [2.05, 4.69) is 66.3 Å². The van der Waals surface area contributed by atoms with Gasteiger partial charge in [0.2, 0.25) is 0 Å². The molecule has 2 aromatic rings. The third-order valence-electron chi connectivity index (χ3n) is 4.06. The van der Waals surface area contributed by atoms with Crippen LogP contribution in [0.2, 0.25) is 0 Å². The Labute approximate surface area is 159 Å². The minimum Gasteiger partial charge on any atom is -0.493 e. The van der Waals surface area contributed by atoms with Crippen LogP contribution in [0, 0.1) is 12.8 Å². The molecule has 136 valence electrons. The zero-order valence-electron chi connectivity index (χ0n) is 15.6. The molecular weight excluding hydrogens is 378 g/mol. The van der Waals surface area contributed by atoms with Gasteiger partial charge in [-0.05, 0) is 49.1 Å². The molecule has 0 unspecified atom stereocenters. The fourth-order valence-corrected chi connectivity index (χ4v) is 2.91. The number of nitrogens with one attached hydrogen (secondary N) is 1. The molecule has 4 heteroatoms. The van der Waals surface area contributed by atoms with Crippen molar-refractivity contribution in [2.45, 2.75) is 40.3 Å². The summed E-state index contributed by atoms with van der Waals surface area (Å²) in [6, 6.07) is 12.4. The van der Waals surface area contributed by atoms with Gasteiger partial charge in [0.15, 0.2) is 11.5 Å². The lowest BCUT2D eigenvalue weighted by molar-refractivity contribution is 0.284. The Kier molecular flexibility index (Phi) is 7.79. The summed E-state index contributed by atoms with van der Waals surface area (Å²) in [5, 5.41) is 3.48. The summed E-state index contributed by atoms with van der Waals surface area (Å²) in [4.78, 5) is 0.